The van der Waals surface area contributed by atoms with Crippen LogP contribution in [0.15, 0.2) is 18.2 Å². The van der Waals surface area contributed by atoms with Gasteiger partial charge in [-0.1, -0.05) is 26.8 Å². The van der Waals surface area contributed by atoms with Crippen molar-refractivity contribution < 1.29 is 4.92 Å². The van der Waals surface area contributed by atoms with Crippen molar-refractivity contribution >= 4 is 5.69 Å². The predicted octanol–water partition coefficient (Wildman–Crippen LogP) is 2.69. The lowest BCUT2D eigenvalue weighted by Gasteiger charge is -2.17. The van der Waals surface area contributed by atoms with Crippen LogP contribution in [0, 0.1) is 16.2 Å². The molecule has 0 fully saturated rings. The van der Waals surface area contributed by atoms with Gasteiger partial charge in [-0.3, -0.25) is 10.1 Å². The number of nitrogens with zero attached hydrogens (tertiary/aromatic N) is 1. The third-order valence-electron chi connectivity index (χ3n) is 1.82. The first-order valence-electron chi connectivity index (χ1n) is 4.08. The second-order valence-electron chi connectivity index (χ2n) is 3.97. The second kappa shape index (κ2) is 3.17. The zero-order valence-corrected chi connectivity index (χ0v) is 8.00. The van der Waals surface area contributed by atoms with E-state index >= 15 is 0 Å². The maximum absolute atomic E-state index is 10.3. The van der Waals surface area contributed by atoms with Crippen molar-refractivity contribution in [1.82, 2.24) is 0 Å². The van der Waals surface area contributed by atoms with Gasteiger partial charge in [-0.25, -0.2) is 0 Å². The molecule has 1 aromatic carbocycles. The van der Waals surface area contributed by atoms with Crippen LogP contribution < -0.4 is 0 Å². The molecule has 0 bridgehead atoms. The van der Waals surface area contributed by atoms with Gasteiger partial charge in [0.15, 0.2) is 0 Å². The minimum absolute atomic E-state index is 0.00483. The maximum atomic E-state index is 10.3. The van der Waals surface area contributed by atoms with Crippen LogP contribution >= 0.6 is 0 Å². The lowest BCUT2D eigenvalue weighted by atomic mass is 9.87. The molecule has 0 unspecified atom stereocenters. The van der Waals surface area contributed by atoms with E-state index < -0.39 is 4.92 Å². The molecule has 69 valence electrons. The van der Waals surface area contributed by atoms with E-state index in [-0.39, 0.29) is 11.1 Å². The molecule has 0 saturated heterocycles. The van der Waals surface area contributed by atoms with Crippen molar-refractivity contribution in [3.8, 4) is 0 Å². The van der Waals surface area contributed by atoms with Gasteiger partial charge in [-0.15, -0.1) is 0 Å². The molecule has 3 nitrogen and oxygen atoms in total. The number of non-ortho nitro benzene ring substituents is 1. The average Bonchev–Trinajstić information content (AvgIpc) is 2.03. The van der Waals surface area contributed by atoms with Gasteiger partial charge in [0.1, 0.15) is 0 Å². The van der Waals surface area contributed by atoms with E-state index in [1.54, 1.807) is 6.07 Å². The van der Waals surface area contributed by atoms with Crippen molar-refractivity contribution in [3.63, 3.8) is 0 Å². The van der Waals surface area contributed by atoms with Gasteiger partial charge >= 0.3 is 0 Å². The molecule has 0 atom stereocenters. The average molecular weight is 178 g/mol. The van der Waals surface area contributed by atoms with Crippen molar-refractivity contribution in [1.29, 1.82) is 0 Å². The summed E-state index contributed by atoms with van der Waals surface area (Å²) in [5.74, 6) is 0. The summed E-state index contributed by atoms with van der Waals surface area (Å²) in [6.45, 7) is 6.14. The minimum atomic E-state index is -0.414. The van der Waals surface area contributed by atoms with Crippen LogP contribution in [0.4, 0.5) is 5.69 Å². The normalized spacial score (nSPS) is 11.3. The first-order valence-corrected chi connectivity index (χ1v) is 4.08. The second-order valence-corrected chi connectivity index (χ2v) is 3.97. The Balaban J connectivity index is 3.01. The molecule has 0 aliphatic heterocycles. The van der Waals surface area contributed by atoms with E-state index in [9.17, 15) is 10.1 Å². The smallest absolute Gasteiger partial charge is 0.258 e. The molecule has 1 aromatic rings. The van der Waals surface area contributed by atoms with Gasteiger partial charge in [0.25, 0.3) is 5.69 Å². The molecule has 13 heavy (non-hydrogen) atoms. The van der Waals surface area contributed by atoms with E-state index in [1.165, 1.54) is 12.1 Å². The Labute approximate surface area is 77.5 Å². The summed E-state index contributed by atoms with van der Waals surface area (Å²) < 4.78 is 0. The van der Waals surface area contributed by atoms with Gasteiger partial charge < -0.3 is 0 Å². The number of nitro benzene ring substituents is 1. The Morgan fingerprint density at radius 2 is 2.00 bits per heavy atom. The molecule has 0 spiro atoms. The lowest BCUT2D eigenvalue weighted by Crippen LogP contribution is -2.10. The van der Waals surface area contributed by atoms with E-state index in [0.29, 0.717) is 0 Å². The Morgan fingerprint density at radius 1 is 1.38 bits per heavy atom. The summed E-state index contributed by atoms with van der Waals surface area (Å²) in [6, 6.07) is 7.59. The van der Waals surface area contributed by atoms with E-state index in [4.69, 9.17) is 0 Å². The Hall–Kier alpha value is -1.38. The molecular formula is C10H12NO2. The molecule has 0 aliphatic rings. The van der Waals surface area contributed by atoms with Gasteiger partial charge in [-0.05, 0) is 17.0 Å². The monoisotopic (exact) mass is 178 g/mol. The summed E-state index contributed by atoms with van der Waals surface area (Å²) in [4.78, 5) is 9.93. The maximum Gasteiger partial charge on any atom is 0.270 e. The van der Waals surface area contributed by atoms with Crippen LogP contribution in [0.3, 0.4) is 0 Å². The van der Waals surface area contributed by atoms with Crippen LogP contribution in [-0.4, -0.2) is 4.92 Å². The lowest BCUT2D eigenvalue weighted by molar-refractivity contribution is -0.384. The zero-order valence-electron chi connectivity index (χ0n) is 8.00. The first-order chi connectivity index (χ1) is 5.91. The topological polar surface area (TPSA) is 43.1 Å². The highest BCUT2D eigenvalue weighted by Crippen LogP contribution is 2.23. The van der Waals surface area contributed by atoms with Crippen LogP contribution in [0.1, 0.15) is 26.3 Å². The summed E-state index contributed by atoms with van der Waals surface area (Å²) in [5.41, 5.74) is 1.07. The molecule has 1 rings (SSSR count). The molecule has 0 aliphatic carbocycles. The molecule has 1 radical (unpaired) electrons. The quantitative estimate of drug-likeness (QED) is 0.490. The molecule has 0 heterocycles. The van der Waals surface area contributed by atoms with Gasteiger partial charge in [-0.2, -0.15) is 0 Å². The van der Waals surface area contributed by atoms with Crippen LogP contribution in [-0.2, 0) is 5.41 Å². The minimum Gasteiger partial charge on any atom is -0.258 e. The fraction of sp³-hybridized carbons (Fsp3) is 0.400. The third kappa shape index (κ3) is 2.28. The van der Waals surface area contributed by atoms with Crippen molar-refractivity contribution in [2.75, 3.05) is 0 Å². The van der Waals surface area contributed by atoms with Crippen LogP contribution in [0.5, 0.6) is 0 Å². The standard InChI is InChI=1S/C10H12NO2/c1-10(2,3)8-4-6-9(7-5-8)11(12)13/h4,6-7H,1-3H3. The molecule has 0 N–H and O–H groups in total. The molecule has 0 amide bonds. The zero-order chi connectivity index (χ0) is 10.1. The number of hydrogen-bond donors (Lipinski definition) is 0. The summed E-state index contributed by atoms with van der Waals surface area (Å²) >= 11 is 0. The summed E-state index contributed by atoms with van der Waals surface area (Å²) in [5, 5.41) is 10.3. The highest BCUT2D eigenvalue weighted by molar-refractivity contribution is 5.34. The number of benzene rings is 1. The first kappa shape index (κ1) is 9.71. The Bertz CT molecular complexity index is 309. The Kier molecular flexibility index (Phi) is 2.36. The highest BCUT2D eigenvalue weighted by atomic mass is 16.6. The largest absolute Gasteiger partial charge is 0.270 e. The van der Waals surface area contributed by atoms with Gasteiger partial charge in [0, 0.05) is 12.1 Å². The highest BCUT2D eigenvalue weighted by Gasteiger charge is 2.14. The number of rotatable bonds is 1. The van der Waals surface area contributed by atoms with Crippen molar-refractivity contribution in [2.45, 2.75) is 26.2 Å². The van der Waals surface area contributed by atoms with Crippen molar-refractivity contribution in [3.05, 3.63) is 39.9 Å². The molecule has 3 heteroatoms. The van der Waals surface area contributed by atoms with Crippen molar-refractivity contribution in [2.24, 2.45) is 0 Å². The molecular weight excluding hydrogens is 166 g/mol. The third-order valence-corrected chi connectivity index (χ3v) is 1.82. The Morgan fingerprint density at radius 3 is 2.31 bits per heavy atom. The van der Waals surface area contributed by atoms with E-state index in [1.807, 2.05) is 20.8 Å². The summed E-state index contributed by atoms with van der Waals surface area (Å²) in [6.07, 6.45) is 0. The van der Waals surface area contributed by atoms with Gasteiger partial charge in [0.05, 0.1) is 4.92 Å². The summed E-state index contributed by atoms with van der Waals surface area (Å²) in [7, 11) is 0. The molecule has 0 aromatic heterocycles. The van der Waals surface area contributed by atoms with Crippen LogP contribution in [0.25, 0.3) is 0 Å². The SMILES string of the molecule is CC(C)(C)c1[c]cc([N+](=O)[O-])cc1. The number of hydrogen-bond acceptors (Lipinski definition) is 2. The van der Waals surface area contributed by atoms with E-state index in [2.05, 4.69) is 6.07 Å². The fourth-order valence-corrected chi connectivity index (χ4v) is 0.997. The fourth-order valence-electron chi connectivity index (χ4n) is 0.997. The molecule has 0 saturated carbocycles. The number of nitro groups is 1. The predicted molar refractivity (Wildman–Crippen MR) is 50.6 cm³/mol. The van der Waals surface area contributed by atoms with Gasteiger partial charge in [0.2, 0.25) is 0 Å². The van der Waals surface area contributed by atoms with E-state index in [0.717, 1.165) is 5.56 Å². The van der Waals surface area contributed by atoms with Crippen LogP contribution in [0.2, 0.25) is 0 Å².